The van der Waals surface area contributed by atoms with E-state index in [-0.39, 0.29) is 63.2 Å². The molecule has 18 nitrogen and oxygen atoms in total. The number of aromatic nitrogens is 8. The molecule has 0 unspecified atom stereocenters. The molecule has 0 spiro atoms. The van der Waals surface area contributed by atoms with E-state index in [2.05, 4.69) is 40.2 Å². The summed E-state index contributed by atoms with van der Waals surface area (Å²) in [7, 11) is 0. The standard InChI is InChI=1S/C28H26F3N5O4.C26H22F3N5O4/c1-2-38-26(37)22-16-36(27-32-13-12-23(33-27)28(29,30)31)15-20(22)14-18-8-10-21(11-9-18)39-17-24-34-25(40-35-24)19-6-4-3-5-7-19;27-26(28,29)21-10-11-30-25(31-21)34-13-18(20(14-34)24(35)36)12-16-6-8-19(9-7-16)37-15-22-32-23(38-33-22)17-4-2-1-3-5-17/h3-13,20,22H,2,14-17H2,1H3;1-11,18,20H,12-15H2,(H,35,36)/t20-,22+;18-,20+/m11/s1. The van der Waals surface area contributed by atoms with Gasteiger partial charge in [0.25, 0.3) is 11.8 Å². The first kappa shape index (κ1) is 53.9. The van der Waals surface area contributed by atoms with Crippen LogP contribution >= 0.6 is 0 Å². The van der Waals surface area contributed by atoms with Gasteiger partial charge in [0.1, 0.15) is 22.9 Å². The van der Waals surface area contributed by atoms with Crippen LogP contribution in [0.1, 0.15) is 41.1 Å². The largest absolute Gasteiger partial charge is 0.485 e. The second kappa shape index (κ2) is 23.9. The van der Waals surface area contributed by atoms with Gasteiger partial charge in [0.05, 0.1) is 18.4 Å². The molecule has 2 aliphatic heterocycles. The molecule has 78 heavy (non-hydrogen) atoms. The van der Waals surface area contributed by atoms with Gasteiger partial charge in [-0.1, -0.05) is 71.0 Å². The lowest BCUT2D eigenvalue weighted by Crippen LogP contribution is -2.27. The Morgan fingerprint density at radius 2 is 1.00 bits per heavy atom. The normalized spacial score (nSPS) is 17.3. The lowest BCUT2D eigenvalue weighted by atomic mass is 9.90. The van der Waals surface area contributed by atoms with Gasteiger partial charge >= 0.3 is 24.3 Å². The monoisotopic (exact) mass is 1080 g/mol. The van der Waals surface area contributed by atoms with Gasteiger partial charge in [-0.15, -0.1) is 0 Å². The summed E-state index contributed by atoms with van der Waals surface area (Å²) < 4.78 is 106. The molecular formula is C54H48F6N10O8. The summed E-state index contributed by atoms with van der Waals surface area (Å²) in [6.07, 6.45) is -6.17. The zero-order chi connectivity index (χ0) is 54.8. The highest BCUT2D eigenvalue weighted by Gasteiger charge is 2.42. The maximum Gasteiger partial charge on any atom is 0.433 e. The second-order valence-corrected chi connectivity index (χ2v) is 18.1. The van der Waals surface area contributed by atoms with Crippen molar-refractivity contribution in [3.05, 3.63) is 168 Å². The van der Waals surface area contributed by atoms with E-state index in [4.69, 9.17) is 23.3 Å². The fourth-order valence-electron chi connectivity index (χ4n) is 8.96. The number of aliphatic carboxylic acids is 1. The van der Waals surface area contributed by atoms with E-state index >= 15 is 0 Å². The van der Waals surface area contributed by atoms with Gasteiger partial charge in [-0.2, -0.15) is 36.3 Å². The van der Waals surface area contributed by atoms with Crippen LogP contribution in [0.4, 0.5) is 38.2 Å². The molecule has 2 saturated heterocycles. The number of carboxylic acids is 1. The summed E-state index contributed by atoms with van der Waals surface area (Å²) in [6, 6.07) is 34.9. The van der Waals surface area contributed by atoms with Crippen molar-refractivity contribution in [1.29, 1.82) is 0 Å². The first-order chi connectivity index (χ1) is 37.6. The zero-order valence-corrected chi connectivity index (χ0v) is 41.4. The number of hydrogen-bond acceptors (Lipinski definition) is 17. The number of carbonyl (C=O) groups excluding carboxylic acids is 1. The van der Waals surface area contributed by atoms with Crippen LogP contribution in [0.15, 0.2) is 143 Å². The number of hydrogen-bond donors (Lipinski definition) is 1. The van der Waals surface area contributed by atoms with Gasteiger partial charge in [-0.3, -0.25) is 9.59 Å². The van der Waals surface area contributed by atoms with Crippen molar-refractivity contribution in [2.45, 2.75) is 45.3 Å². The zero-order valence-electron chi connectivity index (χ0n) is 41.4. The van der Waals surface area contributed by atoms with E-state index in [1.807, 2.05) is 84.9 Å². The minimum Gasteiger partial charge on any atom is -0.485 e. The van der Waals surface area contributed by atoms with Gasteiger partial charge < -0.3 is 38.2 Å². The molecular weight excluding hydrogens is 1030 g/mol. The number of anilines is 2. The second-order valence-electron chi connectivity index (χ2n) is 18.1. The summed E-state index contributed by atoms with van der Waals surface area (Å²) in [5, 5.41) is 17.6. The van der Waals surface area contributed by atoms with Gasteiger partial charge in [0.15, 0.2) is 13.2 Å². The van der Waals surface area contributed by atoms with Crippen LogP contribution in [0.25, 0.3) is 22.9 Å². The SMILES string of the molecule is CCOC(=O)[C@H]1CN(c2nccc(C(F)(F)F)n2)C[C@H]1Cc1ccc(OCc2noc(-c3ccccc3)n2)cc1.O=C(O)[C@H]1CN(c2nccc(C(F)(F)F)n2)C[C@H]1Cc1ccc(OCc2noc(-c3ccccc3)n2)cc1. The molecule has 6 heterocycles. The quantitative estimate of drug-likeness (QED) is 0.0663. The van der Waals surface area contributed by atoms with E-state index in [1.165, 1.54) is 4.90 Å². The molecule has 2 fully saturated rings. The van der Waals surface area contributed by atoms with Crippen molar-refractivity contribution in [3.8, 4) is 34.4 Å². The maximum absolute atomic E-state index is 13.2. The van der Waals surface area contributed by atoms with E-state index in [9.17, 15) is 41.0 Å². The van der Waals surface area contributed by atoms with Crippen molar-refractivity contribution in [3.63, 3.8) is 0 Å². The van der Waals surface area contributed by atoms with Crippen molar-refractivity contribution in [2.24, 2.45) is 23.7 Å². The third kappa shape index (κ3) is 13.7. The van der Waals surface area contributed by atoms with Crippen LogP contribution in [0.3, 0.4) is 0 Å². The topological polar surface area (TPSA) is 218 Å². The molecule has 0 aliphatic carbocycles. The lowest BCUT2D eigenvalue weighted by molar-refractivity contribution is -0.148. The van der Waals surface area contributed by atoms with Gasteiger partial charge in [0.2, 0.25) is 23.5 Å². The Kier molecular flexibility index (Phi) is 16.5. The third-order valence-corrected chi connectivity index (χ3v) is 12.8. The number of ether oxygens (including phenoxy) is 3. The Morgan fingerprint density at radius 3 is 1.41 bits per heavy atom. The minimum absolute atomic E-state index is 0.0260. The van der Waals surface area contributed by atoms with Crippen LogP contribution in [0.5, 0.6) is 11.5 Å². The number of halogens is 6. The highest BCUT2D eigenvalue weighted by Crippen LogP contribution is 2.35. The smallest absolute Gasteiger partial charge is 0.433 e. The summed E-state index contributed by atoms with van der Waals surface area (Å²) in [6.45, 7) is 2.87. The Balaban J connectivity index is 0.000000190. The van der Waals surface area contributed by atoms with Gasteiger partial charge in [-0.05, 0) is 103 Å². The molecule has 0 saturated carbocycles. The number of nitrogens with zero attached hydrogens (tertiary/aromatic N) is 10. The Hall–Kier alpha value is -8.96. The van der Waals surface area contributed by atoms with Gasteiger partial charge in [-0.25, -0.2) is 19.9 Å². The fraction of sp³-hybridized carbons (Fsp3) is 0.296. The van der Waals surface area contributed by atoms with E-state index in [0.29, 0.717) is 54.3 Å². The van der Waals surface area contributed by atoms with Crippen molar-refractivity contribution in [1.82, 2.24) is 40.2 Å². The summed E-state index contributed by atoms with van der Waals surface area (Å²) >= 11 is 0. The first-order valence-corrected chi connectivity index (χ1v) is 24.5. The molecule has 8 aromatic rings. The van der Waals surface area contributed by atoms with E-state index < -0.39 is 47.5 Å². The number of carboxylic acid groups (broad SMARTS) is 1. The van der Waals surface area contributed by atoms with Crippen molar-refractivity contribution >= 4 is 23.8 Å². The summed E-state index contributed by atoms with van der Waals surface area (Å²) in [4.78, 5) is 51.6. The molecule has 24 heteroatoms. The first-order valence-electron chi connectivity index (χ1n) is 24.5. The molecule has 0 radical (unpaired) electrons. The molecule has 2 aliphatic rings. The predicted octanol–water partition coefficient (Wildman–Crippen LogP) is 9.49. The highest BCUT2D eigenvalue weighted by atomic mass is 19.4. The number of esters is 1. The van der Waals surface area contributed by atoms with Gasteiger partial charge in [0, 0.05) is 49.7 Å². The lowest BCUT2D eigenvalue weighted by Gasteiger charge is -2.17. The fourth-order valence-corrected chi connectivity index (χ4v) is 8.96. The molecule has 404 valence electrons. The molecule has 4 aromatic heterocycles. The molecule has 0 amide bonds. The van der Waals surface area contributed by atoms with Crippen LogP contribution in [0.2, 0.25) is 0 Å². The van der Waals surface area contributed by atoms with Crippen LogP contribution in [-0.4, -0.2) is 90.0 Å². The average Bonchev–Trinajstić information content (AvgIpc) is 4.31. The Bertz CT molecular complexity index is 3260. The average molecular weight is 1080 g/mol. The highest BCUT2D eigenvalue weighted by molar-refractivity contribution is 5.75. The third-order valence-electron chi connectivity index (χ3n) is 12.8. The predicted molar refractivity (Wildman–Crippen MR) is 265 cm³/mol. The van der Waals surface area contributed by atoms with Crippen LogP contribution in [-0.2, 0) is 52.7 Å². The molecule has 4 aromatic carbocycles. The molecule has 0 bridgehead atoms. The van der Waals surface area contributed by atoms with E-state index in [1.54, 1.807) is 36.1 Å². The minimum atomic E-state index is -4.61. The van der Waals surface area contributed by atoms with Crippen molar-refractivity contribution < 1.29 is 64.3 Å². The molecule has 4 atom stereocenters. The Morgan fingerprint density at radius 1 is 0.577 bits per heavy atom. The molecule has 1 N–H and O–H groups in total. The van der Waals surface area contributed by atoms with Crippen LogP contribution in [0, 0.1) is 23.7 Å². The van der Waals surface area contributed by atoms with Crippen LogP contribution < -0.4 is 19.3 Å². The number of alkyl halides is 6. The number of benzene rings is 4. The maximum atomic E-state index is 13.2. The Labute approximate surface area is 441 Å². The number of rotatable bonds is 17. The summed E-state index contributed by atoms with van der Waals surface area (Å²) in [5.41, 5.74) is 1.33. The summed E-state index contributed by atoms with van der Waals surface area (Å²) in [5.74, 6) is -0.691. The number of carbonyl (C=O) groups is 2. The molecule has 10 rings (SSSR count). The van der Waals surface area contributed by atoms with E-state index in [0.717, 1.165) is 46.8 Å². The van der Waals surface area contributed by atoms with Crippen molar-refractivity contribution in [2.75, 3.05) is 42.6 Å².